The number of aromatic nitrogens is 3. The van der Waals surface area contributed by atoms with Gasteiger partial charge in [0.15, 0.2) is 5.65 Å². The standard InChI is InChI=1S/C15H20N6O2/c16-13(22)10-20-5-1-3-11(9-20)15(23)18-7-12-8-19-21-6-2-4-17-14(12)21/h2,4,6,8,11H,1,3,5,7,9-10H2,(H2,16,22)(H,18,23). The summed E-state index contributed by atoms with van der Waals surface area (Å²) in [5.41, 5.74) is 6.84. The lowest BCUT2D eigenvalue weighted by Crippen LogP contribution is -2.45. The molecule has 1 saturated heterocycles. The first-order valence-corrected chi connectivity index (χ1v) is 7.69. The fourth-order valence-corrected chi connectivity index (χ4v) is 2.96. The lowest BCUT2D eigenvalue weighted by molar-refractivity contribution is -0.128. The van der Waals surface area contributed by atoms with E-state index in [4.69, 9.17) is 5.73 Å². The molecule has 2 amide bonds. The maximum Gasteiger partial charge on any atom is 0.231 e. The summed E-state index contributed by atoms with van der Waals surface area (Å²) >= 11 is 0. The molecule has 0 radical (unpaired) electrons. The molecule has 3 N–H and O–H groups in total. The van der Waals surface area contributed by atoms with Crippen LogP contribution in [0, 0.1) is 5.92 Å². The zero-order valence-corrected chi connectivity index (χ0v) is 12.8. The average molecular weight is 316 g/mol. The van der Waals surface area contributed by atoms with Crippen molar-refractivity contribution in [1.82, 2.24) is 24.8 Å². The number of fused-ring (bicyclic) bond motifs is 1. The van der Waals surface area contributed by atoms with E-state index in [1.54, 1.807) is 23.0 Å². The smallest absolute Gasteiger partial charge is 0.231 e. The fraction of sp³-hybridized carbons (Fsp3) is 0.467. The Hall–Kier alpha value is -2.48. The van der Waals surface area contributed by atoms with Crippen molar-refractivity contribution in [3.63, 3.8) is 0 Å². The van der Waals surface area contributed by atoms with Gasteiger partial charge in [-0.2, -0.15) is 5.10 Å². The molecule has 8 heteroatoms. The summed E-state index contributed by atoms with van der Waals surface area (Å²) in [7, 11) is 0. The summed E-state index contributed by atoms with van der Waals surface area (Å²) < 4.78 is 1.68. The normalized spacial score (nSPS) is 18.9. The molecule has 2 aromatic rings. The predicted molar refractivity (Wildman–Crippen MR) is 83.2 cm³/mol. The largest absolute Gasteiger partial charge is 0.369 e. The van der Waals surface area contributed by atoms with Gasteiger partial charge in [-0.1, -0.05) is 0 Å². The molecule has 0 spiro atoms. The van der Waals surface area contributed by atoms with Crippen LogP contribution in [0.15, 0.2) is 24.7 Å². The Balaban J connectivity index is 1.57. The molecule has 1 atom stereocenters. The summed E-state index contributed by atoms with van der Waals surface area (Å²) in [6, 6.07) is 1.80. The van der Waals surface area contributed by atoms with Crippen molar-refractivity contribution in [3.8, 4) is 0 Å². The van der Waals surface area contributed by atoms with E-state index in [1.807, 2.05) is 11.1 Å². The highest BCUT2D eigenvalue weighted by Gasteiger charge is 2.26. The number of nitrogens with one attached hydrogen (secondary N) is 1. The maximum atomic E-state index is 12.4. The van der Waals surface area contributed by atoms with Crippen LogP contribution < -0.4 is 11.1 Å². The van der Waals surface area contributed by atoms with Gasteiger partial charge in [0.1, 0.15) is 0 Å². The second-order valence-corrected chi connectivity index (χ2v) is 5.82. The predicted octanol–water partition coefficient (Wildman–Crippen LogP) is -0.457. The van der Waals surface area contributed by atoms with Crippen molar-refractivity contribution in [2.75, 3.05) is 19.6 Å². The van der Waals surface area contributed by atoms with E-state index >= 15 is 0 Å². The Labute approximate surface area is 133 Å². The molecule has 8 nitrogen and oxygen atoms in total. The minimum atomic E-state index is -0.358. The van der Waals surface area contributed by atoms with Crippen LogP contribution in [-0.2, 0) is 16.1 Å². The van der Waals surface area contributed by atoms with Gasteiger partial charge >= 0.3 is 0 Å². The third-order valence-electron chi connectivity index (χ3n) is 4.06. The van der Waals surface area contributed by atoms with Crippen molar-refractivity contribution in [2.24, 2.45) is 11.7 Å². The highest BCUT2D eigenvalue weighted by molar-refractivity contribution is 5.79. The number of nitrogens with two attached hydrogens (primary N) is 1. The van der Waals surface area contributed by atoms with Crippen LogP contribution in [0.2, 0.25) is 0 Å². The van der Waals surface area contributed by atoms with Gasteiger partial charge in [-0.15, -0.1) is 0 Å². The molecule has 0 aliphatic carbocycles. The van der Waals surface area contributed by atoms with E-state index < -0.39 is 0 Å². The van der Waals surface area contributed by atoms with Gasteiger partial charge in [-0.3, -0.25) is 14.5 Å². The van der Waals surface area contributed by atoms with Crippen LogP contribution in [-0.4, -0.2) is 50.9 Å². The Kier molecular flexibility index (Phi) is 4.52. The van der Waals surface area contributed by atoms with Crippen LogP contribution in [0.25, 0.3) is 5.65 Å². The summed E-state index contributed by atoms with van der Waals surface area (Å²) in [5.74, 6) is -0.476. The summed E-state index contributed by atoms with van der Waals surface area (Å²) in [6.45, 7) is 1.99. The second kappa shape index (κ2) is 6.74. The van der Waals surface area contributed by atoms with E-state index in [9.17, 15) is 9.59 Å². The number of carbonyl (C=O) groups excluding carboxylic acids is 2. The van der Waals surface area contributed by atoms with Gasteiger partial charge in [0, 0.05) is 31.0 Å². The molecule has 3 rings (SSSR count). The SMILES string of the molecule is NC(=O)CN1CCCC(C(=O)NCc2cnn3cccnc23)C1. The Morgan fingerprint density at radius 1 is 1.43 bits per heavy atom. The third kappa shape index (κ3) is 3.65. The van der Waals surface area contributed by atoms with Crippen molar-refractivity contribution in [1.29, 1.82) is 0 Å². The topological polar surface area (TPSA) is 106 Å². The Morgan fingerprint density at radius 2 is 2.30 bits per heavy atom. The number of nitrogens with zero attached hydrogens (tertiary/aromatic N) is 4. The van der Waals surface area contributed by atoms with Crippen LogP contribution >= 0.6 is 0 Å². The van der Waals surface area contributed by atoms with E-state index in [1.165, 1.54) is 0 Å². The van der Waals surface area contributed by atoms with Crippen molar-refractivity contribution < 1.29 is 9.59 Å². The zero-order valence-electron chi connectivity index (χ0n) is 12.8. The molecule has 0 bridgehead atoms. The van der Waals surface area contributed by atoms with Crippen LogP contribution in [0.1, 0.15) is 18.4 Å². The molecule has 2 aromatic heterocycles. The molecule has 1 unspecified atom stereocenters. The number of carbonyl (C=O) groups is 2. The monoisotopic (exact) mass is 316 g/mol. The molecule has 0 saturated carbocycles. The maximum absolute atomic E-state index is 12.4. The minimum absolute atomic E-state index is 0.00514. The van der Waals surface area contributed by atoms with Crippen LogP contribution in [0.3, 0.4) is 0 Å². The second-order valence-electron chi connectivity index (χ2n) is 5.82. The number of likely N-dealkylation sites (tertiary alicyclic amines) is 1. The Morgan fingerprint density at radius 3 is 3.13 bits per heavy atom. The molecular weight excluding hydrogens is 296 g/mol. The Bertz CT molecular complexity index is 713. The molecular formula is C15H20N6O2. The number of rotatable bonds is 5. The number of piperidine rings is 1. The van der Waals surface area contributed by atoms with Crippen molar-refractivity contribution in [2.45, 2.75) is 19.4 Å². The molecule has 1 fully saturated rings. The average Bonchev–Trinajstić information content (AvgIpc) is 2.95. The molecule has 1 aliphatic rings. The van der Waals surface area contributed by atoms with Gasteiger partial charge in [0.05, 0.1) is 18.7 Å². The lowest BCUT2D eigenvalue weighted by atomic mass is 9.97. The number of amides is 2. The molecule has 0 aromatic carbocycles. The van der Waals surface area contributed by atoms with Gasteiger partial charge < -0.3 is 11.1 Å². The van der Waals surface area contributed by atoms with Crippen LogP contribution in [0.5, 0.6) is 0 Å². The number of hydrogen-bond acceptors (Lipinski definition) is 5. The van der Waals surface area contributed by atoms with Crippen molar-refractivity contribution in [3.05, 3.63) is 30.2 Å². The van der Waals surface area contributed by atoms with E-state index in [0.717, 1.165) is 30.6 Å². The first-order valence-electron chi connectivity index (χ1n) is 7.69. The van der Waals surface area contributed by atoms with Gasteiger partial charge in [0.25, 0.3) is 0 Å². The van der Waals surface area contributed by atoms with Crippen LogP contribution in [0.4, 0.5) is 0 Å². The number of hydrogen-bond donors (Lipinski definition) is 2. The summed E-state index contributed by atoms with van der Waals surface area (Å²) in [4.78, 5) is 29.6. The van der Waals surface area contributed by atoms with Gasteiger partial charge in [-0.05, 0) is 25.5 Å². The van der Waals surface area contributed by atoms with Gasteiger partial charge in [-0.25, -0.2) is 9.50 Å². The van der Waals surface area contributed by atoms with Gasteiger partial charge in [0.2, 0.25) is 11.8 Å². The molecule has 122 valence electrons. The minimum Gasteiger partial charge on any atom is -0.369 e. The molecule has 1 aliphatic heterocycles. The van der Waals surface area contributed by atoms with E-state index in [2.05, 4.69) is 15.4 Å². The molecule has 23 heavy (non-hydrogen) atoms. The highest BCUT2D eigenvalue weighted by Crippen LogP contribution is 2.16. The highest BCUT2D eigenvalue weighted by atomic mass is 16.2. The first kappa shape index (κ1) is 15.4. The molecule has 3 heterocycles. The van der Waals surface area contributed by atoms with E-state index in [0.29, 0.717) is 13.1 Å². The first-order chi connectivity index (χ1) is 11.1. The lowest BCUT2D eigenvalue weighted by Gasteiger charge is -2.30. The fourth-order valence-electron chi connectivity index (χ4n) is 2.96. The number of primary amides is 1. The quantitative estimate of drug-likeness (QED) is 0.777. The van der Waals surface area contributed by atoms with E-state index in [-0.39, 0.29) is 24.3 Å². The third-order valence-corrected chi connectivity index (χ3v) is 4.06. The van der Waals surface area contributed by atoms with Crippen molar-refractivity contribution >= 4 is 17.5 Å². The zero-order chi connectivity index (χ0) is 16.2. The summed E-state index contributed by atoms with van der Waals surface area (Å²) in [6.07, 6.45) is 6.95. The summed E-state index contributed by atoms with van der Waals surface area (Å²) in [5, 5.41) is 7.14.